The number of esters is 1. The van der Waals surface area contributed by atoms with Crippen molar-refractivity contribution in [3.8, 4) is 11.5 Å². The summed E-state index contributed by atoms with van der Waals surface area (Å²) in [5.74, 6) is 0.718. The molecule has 7 nitrogen and oxygen atoms in total. The Bertz CT molecular complexity index is 1880. The number of allylic oxidation sites excluding steroid dienone is 1. The van der Waals surface area contributed by atoms with Crippen LogP contribution in [0.25, 0.3) is 6.08 Å². The molecule has 1 aromatic heterocycles. The molecular weight excluding hydrogens is 743 g/mol. The van der Waals surface area contributed by atoms with Crippen LogP contribution >= 0.6 is 49.9 Å². The largest absolute Gasteiger partial charge is 0.491 e. The number of rotatable bonds is 9. The normalized spacial score (nSPS) is 14.9. The maximum absolute atomic E-state index is 14.2. The fraction of sp³-hybridized carbons (Fsp3) is 0.242. The first-order valence-corrected chi connectivity index (χ1v) is 16.5. The molecule has 0 amide bonds. The van der Waals surface area contributed by atoms with Crippen molar-refractivity contribution in [1.29, 1.82) is 0 Å². The first-order valence-electron chi connectivity index (χ1n) is 13.8. The van der Waals surface area contributed by atoms with Crippen molar-refractivity contribution in [3.63, 3.8) is 0 Å². The third-order valence-corrected chi connectivity index (χ3v) is 8.85. The number of hydrogen-bond donors (Lipinski definition) is 0. The number of thiazole rings is 1. The molecule has 0 spiro atoms. The van der Waals surface area contributed by atoms with E-state index in [0.29, 0.717) is 44.3 Å². The number of carbonyl (C=O) groups is 1. The van der Waals surface area contributed by atoms with E-state index in [1.807, 2.05) is 86.7 Å². The zero-order valence-corrected chi connectivity index (χ0v) is 28.7. The Kier molecular flexibility index (Phi) is 9.88. The highest BCUT2D eigenvalue weighted by atomic mass is 127. The van der Waals surface area contributed by atoms with Crippen molar-refractivity contribution in [3.05, 3.63) is 122 Å². The lowest BCUT2D eigenvalue weighted by Crippen LogP contribution is -2.40. The van der Waals surface area contributed by atoms with Crippen molar-refractivity contribution in [2.45, 2.75) is 46.4 Å². The van der Waals surface area contributed by atoms with Gasteiger partial charge >= 0.3 is 5.97 Å². The minimum absolute atomic E-state index is 0.109. The van der Waals surface area contributed by atoms with Gasteiger partial charge in [0, 0.05) is 19.2 Å². The van der Waals surface area contributed by atoms with Gasteiger partial charge in [0.2, 0.25) is 0 Å². The molecule has 3 aromatic carbocycles. The zero-order chi connectivity index (χ0) is 30.7. The van der Waals surface area contributed by atoms with E-state index in [-0.39, 0.29) is 18.3 Å². The van der Waals surface area contributed by atoms with Crippen molar-refractivity contribution in [2.75, 3.05) is 6.61 Å². The number of carbonyl (C=O) groups excluding carboxylic acids is 1. The summed E-state index contributed by atoms with van der Waals surface area (Å²) in [6.45, 7) is 7.98. The quantitative estimate of drug-likeness (QED) is 0.143. The molecule has 43 heavy (non-hydrogen) atoms. The van der Waals surface area contributed by atoms with Gasteiger partial charge in [0.05, 0.1) is 28.5 Å². The van der Waals surface area contributed by atoms with Gasteiger partial charge in [0.25, 0.3) is 5.56 Å². The third kappa shape index (κ3) is 6.97. The standard InChI is InChI=1S/C33H30BrIN2O5S/c1-5-40-32(39)29-20(4)36-33-37(30(29)25-8-6-7-9-27(25)42-19(2)3)31(38)28(43-33)17-22-16-23(34)12-15-26(22)41-18-21-10-13-24(35)14-11-21/h6-17,19,30H,5,18H2,1-4H3/b28-17+/t30-/m1/s1. The van der Waals surface area contributed by atoms with Gasteiger partial charge < -0.3 is 14.2 Å². The number of aromatic nitrogens is 1. The Morgan fingerprint density at radius 2 is 1.86 bits per heavy atom. The number of fused-ring (bicyclic) bond motifs is 1. The Labute approximate surface area is 275 Å². The van der Waals surface area contributed by atoms with E-state index in [9.17, 15) is 9.59 Å². The lowest BCUT2D eigenvalue weighted by atomic mass is 9.95. The SMILES string of the molecule is CCOC(=O)C1=C(C)N=c2s/c(=C/c3cc(Br)ccc3OCc3ccc(I)cc3)c(=O)n2[C@@H]1c1ccccc1OC(C)C. The number of benzene rings is 3. The summed E-state index contributed by atoms with van der Waals surface area (Å²) in [5, 5.41) is 0. The number of hydrogen-bond acceptors (Lipinski definition) is 7. The van der Waals surface area contributed by atoms with Crippen molar-refractivity contribution < 1.29 is 19.0 Å². The van der Waals surface area contributed by atoms with Crippen LogP contribution in [0.2, 0.25) is 0 Å². The van der Waals surface area contributed by atoms with Crippen LogP contribution in [-0.4, -0.2) is 23.2 Å². The van der Waals surface area contributed by atoms with Crippen LogP contribution in [0, 0.1) is 3.57 Å². The number of nitrogens with zero attached hydrogens (tertiary/aromatic N) is 2. The Hall–Kier alpha value is -3.22. The van der Waals surface area contributed by atoms with E-state index >= 15 is 0 Å². The van der Waals surface area contributed by atoms with Gasteiger partial charge in [0.1, 0.15) is 24.1 Å². The Morgan fingerprint density at radius 3 is 2.58 bits per heavy atom. The smallest absolute Gasteiger partial charge is 0.338 e. The second kappa shape index (κ2) is 13.6. The summed E-state index contributed by atoms with van der Waals surface area (Å²) in [5.41, 5.74) is 3.00. The molecule has 1 aliphatic heterocycles. The number of ether oxygens (including phenoxy) is 3. The highest BCUT2D eigenvalue weighted by Gasteiger charge is 2.35. The Balaban J connectivity index is 1.64. The fourth-order valence-electron chi connectivity index (χ4n) is 4.80. The van der Waals surface area contributed by atoms with Crippen LogP contribution in [0.5, 0.6) is 11.5 Å². The van der Waals surface area contributed by atoms with Crippen LogP contribution in [-0.2, 0) is 16.1 Å². The molecule has 1 atom stereocenters. The molecule has 0 bridgehead atoms. The van der Waals surface area contributed by atoms with Gasteiger partial charge in [-0.3, -0.25) is 9.36 Å². The second-order valence-corrected chi connectivity index (χ2v) is 13.3. The molecule has 0 saturated carbocycles. The number of halogens is 2. The molecule has 1 aliphatic rings. The first kappa shape index (κ1) is 31.2. The zero-order valence-electron chi connectivity index (χ0n) is 24.1. The molecule has 0 aliphatic carbocycles. The maximum Gasteiger partial charge on any atom is 0.338 e. The molecule has 4 aromatic rings. The minimum atomic E-state index is -0.772. The molecule has 5 rings (SSSR count). The summed E-state index contributed by atoms with van der Waals surface area (Å²) in [6, 6.07) is 20.5. The summed E-state index contributed by atoms with van der Waals surface area (Å²) in [6.07, 6.45) is 1.71. The fourth-order valence-corrected chi connectivity index (χ4v) is 6.58. The van der Waals surface area contributed by atoms with E-state index in [1.165, 1.54) is 11.3 Å². The summed E-state index contributed by atoms with van der Waals surface area (Å²) < 4.78 is 21.8. The lowest BCUT2D eigenvalue weighted by Gasteiger charge is -2.26. The van der Waals surface area contributed by atoms with Crippen LogP contribution < -0.4 is 24.4 Å². The molecule has 10 heteroatoms. The average molecular weight is 773 g/mol. The average Bonchev–Trinajstić information content (AvgIpc) is 3.27. The van der Waals surface area contributed by atoms with Gasteiger partial charge in [-0.15, -0.1) is 0 Å². The molecule has 0 N–H and O–H groups in total. The molecular formula is C33H30BrIN2O5S. The van der Waals surface area contributed by atoms with Gasteiger partial charge in [0.15, 0.2) is 4.80 Å². The maximum atomic E-state index is 14.2. The summed E-state index contributed by atoms with van der Waals surface area (Å²) in [4.78, 5) is 32.7. The molecule has 2 heterocycles. The molecule has 0 fully saturated rings. The molecule has 0 unspecified atom stereocenters. The lowest BCUT2D eigenvalue weighted by molar-refractivity contribution is -0.139. The minimum Gasteiger partial charge on any atom is -0.491 e. The summed E-state index contributed by atoms with van der Waals surface area (Å²) in [7, 11) is 0. The predicted octanol–water partition coefficient (Wildman–Crippen LogP) is 6.53. The molecule has 0 saturated heterocycles. The number of para-hydroxylation sites is 1. The van der Waals surface area contributed by atoms with E-state index in [0.717, 1.165) is 19.2 Å². The molecule has 222 valence electrons. The first-order chi connectivity index (χ1) is 20.7. The van der Waals surface area contributed by atoms with Crippen LogP contribution in [0.4, 0.5) is 0 Å². The second-order valence-electron chi connectivity index (χ2n) is 10.1. The topological polar surface area (TPSA) is 79.1 Å². The highest BCUT2D eigenvalue weighted by Crippen LogP contribution is 2.36. The van der Waals surface area contributed by atoms with E-state index in [1.54, 1.807) is 18.4 Å². The van der Waals surface area contributed by atoms with Crippen molar-refractivity contribution in [2.24, 2.45) is 4.99 Å². The Morgan fingerprint density at radius 1 is 1.12 bits per heavy atom. The highest BCUT2D eigenvalue weighted by molar-refractivity contribution is 14.1. The van der Waals surface area contributed by atoms with Crippen molar-refractivity contribution in [1.82, 2.24) is 4.57 Å². The molecule has 0 radical (unpaired) electrons. The van der Waals surface area contributed by atoms with Crippen LogP contribution in [0.15, 0.2) is 92.3 Å². The van der Waals surface area contributed by atoms with Gasteiger partial charge in [-0.1, -0.05) is 57.6 Å². The monoisotopic (exact) mass is 772 g/mol. The van der Waals surface area contributed by atoms with Crippen LogP contribution in [0.3, 0.4) is 0 Å². The van der Waals surface area contributed by atoms with E-state index < -0.39 is 12.0 Å². The van der Waals surface area contributed by atoms with Crippen LogP contribution in [0.1, 0.15) is 50.4 Å². The van der Waals surface area contributed by atoms with E-state index in [4.69, 9.17) is 19.2 Å². The van der Waals surface area contributed by atoms with Gasteiger partial charge in [-0.25, -0.2) is 9.79 Å². The van der Waals surface area contributed by atoms with Gasteiger partial charge in [-0.2, -0.15) is 0 Å². The van der Waals surface area contributed by atoms with E-state index in [2.05, 4.69) is 38.5 Å². The third-order valence-electron chi connectivity index (χ3n) is 6.66. The van der Waals surface area contributed by atoms with Gasteiger partial charge in [-0.05, 0) is 98.3 Å². The summed E-state index contributed by atoms with van der Waals surface area (Å²) >= 11 is 7.10. The van der Waals surface area contributed by atoms with Crippen molar-refractivity contribution >= 4 is 61.9 Å². The predicted molar refractivity (Wildman–Crippen MR) is 180 cm³/mol.